The maximum atomic E-state index is 13.4. The minimum atomic E-state index is -1.01. The molecule has 6 nitrogen and oxygen atoms in total. The van der Waals surface area contributed by atoms with Crippen molar-refractivity contribution in [2.24, 2.45) is 28.6 Å². The van der Waals surface area contributed by atoms with Crippen molar-refractivity contribution in [3.63, 3.8) is 0 Å². The summed E-state index contributed by atoms with van der Waals surface area (Å²) in [5.41, 5.74) is 0.643. The Kier molecular flexibility index (Phi) is 5.05. The molecule has 0 aromatic heterocycles. The summed E-state index contributed by atoms with van der Waals surface area (Å²) in [4.78, 5) is 0. The molecule has 3 saturated heterocycles. The number of ether oxygens (including phenoxy) is 5. The Hall–Kier alpha value is -1.02. The van der Waals surface area contributed by atoms with Crippen molar-refractivity contribution in [1.29, 1.82) is 0 Å². The average molecular weight is 539 g/mol. The van der Waals surface area contributed by atoms with Gasteiger partial charge in [0.25, 0.3) is 0 Å². The normalized spacial score (nSPS) is 49.0. The smallest absolute Gasteiger partial charge is 0.174 e. The van der Waals surface area contributed by atoms with E-state index >= 15 is 0 Å². The molecule has 0 bridgehead atoms. The summed E-state index contributed by atoms with van der Waals surface area (Å²) >= 11 is 0. The first-order chi connectivity index (χ1) is 18.4. The van der Waals surface area contributed by atoms with Gasteiger partial charge in [0.15, 0.2) is 11.6 Å². The minimum absolute atomic E-state index is 0.0588. The number of benzene rings is 1. The van der Waals surface area contributed by atoms with Crippen LogP contribution >= 0.6 is 0 Å². The summed E-state index contributed by atoms with van der Waals surface area (Å²) in [6.07, 6.45) is 6.41. The van der Waals surface area contributed by atoms with Gasteiger partial charge in [0, 0.05) is 36.0 Å². The first kappa shape index (κ1) is 25.7. The molecule has 3 heterocycles. The van der Waals surface area contributed by atoms with Gasteiger partial charge in [0.05, 0.1) is 38.1 Å². The molecule has 8 rings (SSSR count). The number of hydrogen-bond acceptors (Lipinski definition) is 6. The van der Waals surface area contributed by atoms with Crippen LogP contribution in [-0.2, 0) is 34.7 Å². The summed E-state index contributed by atoms with van der Waals surface area (Å²) in [5, 5.41) is 13.4. The van der Waals surface area contributed by atoms with Crippen LogP contribution in [0, 0.1) is 28.6 Å². The van der Waals surface area contributed by atoms with E-state index in [1.165, 1.54) is 5.56 Å². The van der Waals surface area contributed by atoms with E-state index in [4.69, 9.17) is 23.7 Å². The summed E-state index contributed by atoms with van der Waals surface area (Å²) in [6, 6.07) is 8.89. The molecule has 7 aliphatic rings. The lowest BCUT2D eigenvalue weighted by atomic mass is 9.40. The standard InChI is InChI=1S/C33H46O6/c1-27(2,3)21-6-8-22(9-7-21)31(34)19-29(5)24(10-11-33(29)37-16-17-38-33)23-18-25-32(39-25)20-30(35-14-15-36-30)13-12-28(32,4)26(23)31/h6-9,23-26,34H,10-20H2,1-5H3/t23-,24-,25+,26-,28+,29-,31+,32+/m0/s1. The van der Waals surface area contributed by atoms with E-state index < -0.39 is 17.2 Å². The average Bonchev–Trinajstić information content (AvgIpc) is 3.23. The predicted octanol–water partition coefficient (Wildman–Crippen LogP) is 5.44. The van der Waals surface area contributed by atoms with Crippen LogP contribution in [0.3, 0.4) is 0 Å². The SMILES string of the molecule is CC(C)(C)c1ccc([C@]2(O)C[C@@]3(C)[C@@H](CCC34OCCO4)[C@@H]3C[C@H]4O[C@]45CC4(CC[C@]5(C)[C@H]32)OCCO4)cc1. The molecule has 0 unspecified atom stereocenters. The van der Waals surface area contributed by atoms with Crippen LogP contribution < -0.4 is 0 Å². The van der Waals surface area contributed by atoms with Crippen molar-refractivity contribution in [2.75, 3.05) is 26.4 Å². The molecule has 4 saturated carbocycles. The molecule has 3 spiro atoms. The zero-order valence-electron chi connectivity index (χ0n) is 24.4. The second-order valence-corrected chi connectivity index (χ2v) is 15.5. The maximum absolute atomic E-state index is 13.4. The lowest BCUT2D eigenvalue weighted by Gasteiger charge is -2.65. The van der Waals surface area contributed by atoms with E-state index in [1.54, 1.807) is 0 Å². The van der Waals surface area contributed by atoms with Crippen LogP contribution in [-0.4, -0.2) is 54.8 Å². The summed E-state index contributed by atoms with van der Waals surface area (Å²) in [6.45, 7) is 14.1. The van der Waals surface area contributed by atoms with Crippen molar-refractivity contribution in [2.45, 2.75) is 114 Å². The third-order valence-electron chi connectivity index (χ3n) is 12.9. The second-order valence-electron chi connectivity index (χ2n) is 15.5. The molecule has 0 amide bonds. The first-order valence-corrected chi connectivity index (χ1v) is 15.5. The highest BCUT2D eigenvalue weighted by atomic mass is 16.7. The molecule has 1 aromatic carbocycles. The van der Waals surface area contributed by atoms with E-state index in [9.17, 15) is 5.11 Å². The quantitative estimate of drug-likeness (QED) is 0.480. The molecule has 214 valence electrons. The third kappa shape index (κ3) is 3.09. The van der Waals surface area contributed by atoms with E-state index in [1.807, 2.05) is 0 Å². The topological polar surface area (TPSA) is 69.7 Å². The van der Waals surface area contributed by atoms with Gasteiger partial charge in [0.2, 0.25) is 0 Å². The van der Waals surface area contributed by atoms with Crippen molar-refractivity contribution in [3.05, 3.63) is 35.4 Å². The maximum Gasteiger partial charge on any atom is 0.174 e. The monoisotopic (exact) mass is 538 g/mol. The summed E-state index contributed by atoms with van der Waals surface area (Å²) in [7, 11) is 0. The van der Waals surface area contributed by atoms with Crippen LogP contribution in [0.4, 0.5) is 0 Å². The minimum Gasteiger partial charge on any atom is -0.385 e. The van der Waals surface area contributed by atoms with Crippen molar-refractivity contribution in [3.8, 4) is 0 Å². The first-order valence-electron chi connectivity index (χ1n) is 15.5. The third-order valence-corrected chi connectivity index (χ3v) is 12.9. The van der Waals surface area contributed by atoms with Crippen LogP contribution in [0.15, 0.2) is 24.3 Å². The van der Waals surface area contributed by atoms with Gasteiger partial charge in [-0.3, -0.25) is 0 Å². The summed E-state index contributed by atoms with van der Waals surface area (Å²) < 4.78 is 32.2. The van der Waals surface area contributed by atoms with E-state index in [0.29, 0.717) is 44.7 Å². The Bertz CT molecular complexity index is 1160. The van der Waals surface area contributed by atoms with Crippen molar-refractivity contribution >= 4 is 0 Å². The van der Waals surface area contributed by atoms with Gasteiger partial charge < -0.3 is 28.8 Å². The fraction of sp³-hybridized carbons (Fsp3) is 0.818. The molecule has 8 atom stereocenters. The second kappa shape index (κ2) is 7.67. The molecular formula is C33H46O6. The number of rotatable bonds is 1. The fourth-order valence-corrected chi connectivity index (χ4v) is 11.1. The molecule has 39 heavy (non-hydrogen) atoms. The predicted molar refractivity (Wildman–Crippen MR) is 145 cm³/mol. The van der Waals surface area contributed by atoms with Crippen molar-refractivity contribution < 1.29 is 28.8 Å². The Balaban J connectivity index is 1.27. The number of aliphatic hydroxyl groups is 1. The zero-order valence-corrected chi connectivity index (χ0v) is 24.4. The van der Waals surface area contributed by atoms with Crippen molar-refractivity contribution in [1.82, 2.24) is 0 Å². The Labute approximate surface area is 233 Å². The van der Waals surface area contributed by atoms with E-state index in [-0.39, 0.29) is 33.9 Å². The Morgan fingerprint density at radius 3 is 2.15 bits per heavy atom. The molecule has 6 heteroatoms. The van der Waals surface area contributed by atoms with E-state index in [2.05, 4.69) is 58.9 Å². The molecule has 1 N–H and O–H groups in total. The molecule has 4 aliphatic carbocycles. The molecule has 1 aromatic rings. The van der Waals surface area contributed by atoms with E-state index in [0.717, 1.165) is 44.1 Å². The fourth-order valence-electron chi connectivity index (χ4n) is 11.1. The van der Waals surface area contributed by atoms with Gasteiger partial charge in [-0.1, -0.05) is 58.9 Å². The highest BCUT2D eigenvalue weighted by Gasteiger charge is 2.82. The number of fused-ring (bicyclic) bond motifs is 5. The van der Waals surface area contributed by atoms with Crippen LogP contribution in [0.2, 0.25) is 0 Å². The van der Waals surface area contributed by atoms with Gasteiger partial charge in [-0.2, -0.15) is 0 Å². The molecular weight excluding hydrogens is 492 g/mol. The number of hydrogen-bond donors (Lipinski definition) is 1. The van der Waals surface area contributed by atoms with Gasteiger partial charge in [0.1, 0.15) is 5.60 Å². The highest BCUT2D eigenvalue weighted by Crippen LogP contribution is 2.78. The zero-order chi connectivity index (χ0) is 27.1. The Morgan fingerprint density at radius 1 is 0.821 bits per heavy atom. The van der Waals surface area contributed by atoms with Crippen LogP contribution in [0.25, 0.3) is 0 Å². The molecule has 3 aliphatic heterocycles. The molecule has 7 fully saturated rings. The highest BCUT2D eigenvalue weighted by molar-refractivity contribution is 5.37. The van der Waals surface area contributed by atoms with Gasteiger partial charge >= 0.3 is 0 Å². The van der Waals surface area contributed by atoms with Crippen LogP contribution in [0.5, 0.6) is 0 Å². The van der Waals surface area contributed by atoms with Gasteiger partial charge in [-0.15, -0.1) is 0 Å². The summed E-state index contributed by atoms with van der Waals surface area (Å²) in [5.74, 6) is -0.251. The lowest BCUT2D eigenvalue weighted by Crippen LogP contribution is -2.68. The lowest BCUT2D eigenvalue weighted by molar-refractivity contribution is -0.296. The number of epoxide rings is 1. The van der Waals surface area contributed by atoms with Gasteiger partial charge in [-0.05, 0) is 54.1 Å². The largest absolute Gasteiger partial charge is 0.385 e. The van der Waals surface area contributed by atoms with Gasteiger partial charge in [-0.25, -0.2) is 0 Å². The Morgan fingerprint density at radius 2 is 1.49 bits per heavy atom. The molecule has 0 radical (unpaired) electrons. The van der Waals surface area contributed by atoms with Crippen LogP contribution in [0.1, 0.15) is 90.7 Å².